The molecule has 2 amide bonds. The second kappa shape index (κ2) is 8.13. The molecular weight excluding hydrogens is 306 g/mol. The Bertz CT molecular complexity index is 395. The summed E-state index contributed by atoms with van der Waals surface area (Å²) < 4.78 is 5.61. The number of nitrogens with one attached hydrogen (secondary N) is 1. The number of nitrogens with zero attached hydrogens (tertiary/aromatic N) is 2. The topological polar surface area (TPSA) is 61.9 Å². The number of amides is 2. The van der Waals surface area contributed by atoms with Gasteiger partial charge in [-0.15, -0.1) is 12.4 Å². The number of carbonyl (C=O) groups excluding carboxylic acids is 2. The van der Waals surface area contributed by atoms with Crippen molar-refractivity contribution < 1.29 is 14.3 Å². The largest absolute Gasteiger partial charge is 0.376 e. The van der Waals surface area contributed by atoms with E-state index in [1.807, 2.05) is 9.80 Å². The number of ether oxygens (including phenoxy) is 1. The van der Waals surface area contributed by atoms with E-state index in [0.717, 1.165) is 51.9 Å². The number of halogens is 1. The molecular formula is C15H26ClN3O3. The fourth-order valence-electron chi connectivity index (χ4n) is 3.44. The molecule has 126 valence electrons. The van der Waals surface area contributed by atoms with E-state index in [-0.39, 0.29) is 36.4 Å². The molecule has 1 N–H and O–H groups in total. The first-order valence-electron chi connectivity index (χ1n) is 8.15. The van der Waals surface area contributed by atoms with Crippen molar-refractivity contribution in [3.8, 4) is 0 Å². The Morgan fingerprint density at radius 2 is 2.00 bits per heavy atom. The van der Waals surface area contributed by atoms with Crippen molar-refractivity contribution in [1.29, 1.82) is 0 Å². The van der Waals surface area contributed by atoms with Gasteiger partial charge in [-0.05, 0) is 25.7 Å². The Kier molecular flexibility index (Phi) is 6.47. The minimum atomic E-state index is -0.353. The molecule has 3 heterocycles. The van der Waals surface area contributed by atoms with Crippen molar-refractivity contribution >= 4 is 24.2 Å². The van der Waals surface area contributed by atoms with Crippen molar-refractivity contribution in [3.05, 3.63) is 0 Å². The van der Waals surface area contributed by atoms with Crippen molar-refractivity contribution in [2.45, 2.75) is 44.2 Å². The van der Waals surface area contributed by atoms with E-state index in [2.05, 4.69) is 5.32 Å². The second-order valence-corrected chi connectivity index (χ2v) is 6.22. The van der Waals surface area contributed by atoms with Gasteiger partial charge in [0.15, 0.2) is 0 Å². The van der Waals surface area contributed by atoms with Gasteiger partial charge >= 0.3 is 0 Å². The number of rotatable bonds is 4. The first kappa shape index (κ1) is 17.5. The highest BCUT2D eigenvalue weighted by Crippen LogP contribution is 2.16. The molecule has 2 unspecified atom stereocenters. The number of hydrogen-bond donors (Lipinski definition) is 1. The molecule has 0 aliphatic carbocycles. The monoisotopic (exact) mass is 331 g/mol. The lowest BCUT2D eigenvalue weighted by Gasteiger charge is -2.34. The standard InChI is InChI=1S/C15H25N3O3.ClH/c19-14(17-6-1-2-7-17)10-13-15(20)18(8-5-16-13)11-12-4-3-9-21-12;/h12-13,16H,1-11H2;1H. The molecule has 22 heavy (non-hydrogen) atoms. The Balaban J connectivity index is 0.00000176. The van der Waals surface area contributed by atoms with Crippen molar-refractivity contribution in [2.75, 3.05) is 39.3 Å². The molecule has 0 aromatic carbocycles. The number of hydrogen-bond acceptors (Lipinski definition) is 4. The lowest BCUT2D eigenvalue weighted by molar-refractivity contribution is -0.141. The molecule has 0 aromatic rings. The van der Waals surface area contributed by atoms with Crippen LogP contribution in [0.4, 0.5) is 0 Å². The normalized spacial score (nSPS) is 28.8. The molecule has 2 atom stereocenters. The zero-order valence-corrected chi connectivity index (χ0v) is 13.8. The van der Waals surface area contributed by atoms with E-state index >= 15 is 0 Å². The van der Waals surface area contributed by atoms with Gasteiger partial charge in [-0.25, -0.2) is 0 Å². The maximum absolute atomic E-state index is 12.5. The Morgan fingerprint density at radius 1 is 1.23 bits per heavy atom. The van der Waals surface area contributed by atoms with Gasteiger partial charge < -0.3 is 19.9 Å². The summed E-state index contributed by atoms with van der Waals surface area (Å²) in [4.78, 5) is 28.5. The molecule has 0 saturated carbocycles. The Morgan fingerprint density at radius 3 is 2.68 bits per heavy atom. The third-order valence-corrected chi connectivity index (χ3v) is 4.67. The van der Waals surface area contributed by atoms with Gasteiger partial charge in [0.25, 0.3) is 0 Å². The molecule has 6 nitrogen and oxygen atoms in total. The third-order valence-electron chi connectivity index (χ3n) is 4.67. The predicted molar refractivity (Wildman–Crippen MR) is 85.0 cm³/mol. The van der Waals surface area contributed by atoms with Gasteiger partial charge in [0.1, 0.15) is 0 Å². The number of likely N-dealkylation sites (tertiary alicyclic amines) is 1. The zero-order valence-electron chi connectivity index (χ0n) is 13.0. The maximum atomic E-state index is 12.5. The van der Waals surface area contributed by atoms with Crippen LogP contribution in [-0.4, -0.2) is 73.1 Å². The molecule has 3 aliphatic rings. The zero-order chi connectivity index (χ0) is 14.7. The highest BCUT2D eigenvalue weighted by Gasteiger charge is 2.33. The van der Waals surface area contributed by atoms with Crippen LogP contribution in [0.15, 0.2) is 0 Å². The van der Waals surface area contributed by atoms with Crippen LogP contribution < -0.4 is 5.32 Å². The lowest BCUT2D eigenvalue weighted by Crippen LogP contribution is -2.57. The van der Waals surface area contributed by atoms with Crippen LogP contribution in [0.3, 0.4) is 0 Å². The fourth-order valence-corrected chi connectivity index (χ4v) is 3.44. The van der Waals surface area contributed by atoms with E-state index in [1.54, 1.807) is 0 Å². The van der Waals surface area contributed by atoms with Gasteiger partial charge in [0, 0.05) is 39.3 Å². The highest BCUT2D eigenvalue weighted by molar-refractivity contribution is 5.89. The molecule has 0 spiro atoms. The molecule has 0 bridgehead atoms. The van der Waals surface area contributed by atoms with E-state index in [0.29, 0.717) is 19.5 Å². The first-order chi connectivity index (χ1) is 10.2. The number of carbonyl (C=O) groups is 2. The summed E-state index contributed by atoms with van der Waals surface area (Å²) in [5.41, 5.74) is 0. The van der Waals surface area contributed by atoms with Crippen LogP contribution in [0.5, 0.6) is 0 Å². The summed E-state index contributed by atoms with van der Waals surface area (Å²) in [5, 5.41) is 3.20. The summed E-state index contributed by atoms with van der Waals surface area (Å²) in [6.45, 7) is 4.65. The van der Waals surface area contributed by atoms with E-state index in [9.17, 15) is 9.59 Å². The van der Waals surface area contributed by atoms with E-state index < -0.39 is 0 Å². The molecule has 3 aliphatic heterocycles. The average Bonchev–Trinajstić information content (AvgIpc) is 3.16. The summed E-state index contributed by atoms with van der Waals surface area (Å²) in [6.07, 6.45) is 4.77. The lowest BCUT2D eigenvalue weighted by atomic mass is 10.1. The maximum Gasteiger partial charge on any atom is 0.240 e. The van der Waals surface area contributed by atoms with Crippen LogP contribution in [0.1, 0.15) is 32.1 Å². The van der Waals surface area contributed by atoms with E-state index in [4.69, 9.17) is 4.74 Å². The summed E-state index contributed by atoms with van der Waals surface area (Å²) in [7, 11) is 0. The molecule has 3 fully saturated rings. The first-order valence-corrected chi connectivity index (χ1v) is 8.15. The smallest absolute Gasteiger partial charge is 0.240 e. The fraction of sp³-hybridized carbons (Fsp3) is 0.867. The van der Waals surface area contributed by atoms with Crippen LogP contribution in [-0.2, 0) is 14.3 Å². The van der Waals surface area contributed by atoms with Gasteiger partial charge in [0.05, 0.1) is 18.6 Å². The SMILES string of the molecule is Cl.O=C(CC1NCCN(CC2CCCO2)C1=O)N1CCCC1. The van der Waals surface area contributed by atoms with Gasteiger partial charge in [-0.2, -0.15) is 0 Å². The van der Waals surface area contributed by atoms with Gasteiger partial charge in [0.2, 0.25) is 11.8 Å². The Hall–Kier alpha value is -0.850. The van der Waals surface area contributed by atoms with E-state index in [1.165, 1.54) is 0 Å². The summed E-state index contributed by atoms with van der Waals surface area (Å²) in [5.74, 6) is 0.168. The van der Waals surface area contributed by atoms with Crippen LogP contribution >= 0.6 is 12.4 Å². The summed E-state index contributed by atoms with van der Waals surface area (Å²) in [6, 6.07) is -0.353. The summed E-state index contributed by atoms with van der Waals surface area (Å²) >= 11 is 0. The number of piperazine rings is 1. The van der Waals surface area contributed by atoms with Crippen molar-refractivity contribution in [2.24, 2.45) is 0 Å². The minimum absolute atomic E-state index is 0. The van der Waals surface area contributed by atoms with Crippen molar-refractivity contribution in [3.63, 3.8) is 0 Å². The van der Waals surface area contributed by atoms with Crippen LogP contribution in [0.2, 0.25) is 0 Å². The quantitative estimate of drug-likeness (QED) is 0.810. The van der Waals surface area contributed by atoms with Crippen molar-refractivity contribution in [1.82, 2.24) is 15.1 Å². The molecule has 3 rings (SSSR count). The van der Waals surface area contributed by atoms with Gasteiger partial charge in [-0.1, -0.05) is 0 Å². The molecule has 7 heteroatoms. The predicted octanol–water partition coefficient (Wildman–Crippen LogP) is 0.400. The molecule has 3 saturated heterocycles. The molecule has 0 aromatic heterocycles. The van der Waals surface area contributed by atoms with Gasteiger partial charge in [-0.3, -0.25) is 9.59 Å². The van der Waals surface area contributed by atoms with Crippen LogP contribution in [0, 0.1) is 0 Å². The average molecular weight is 332 g/mol. The van der Waals surface area contributed by atoms with Crippen LogP contribution in [0.25, 0.3) is 0 Å². The third kappa shape index (κ3) is 4.12. The molecule has 0 radical (unpaired) electrons. The highest BCUT2D eigenvalue weighted by atomic mass is 35.5. The minimum Gasteiger partial charge on any atom is -0.376 e. The second-order valence-electron chi connectivity index (χ2n) is 6.22. The Labute approximate surface area is 137 Å².